The van der Waals surface area contributed by atoms with Crippen LogP contribution in [-0.4, -0.2) is 37.5 Å². The number of sulfonamides is 1. The molecule has 1 aromatic carbocycles. The molecule has 0 aliphatic carbocycles. The van der Waals surface area contributed by atoms with Crippen molar-refractivity contribution < 1.29 is 23.1 Å². The fraction of sp³-hybridized carbons (Fsp3) is 0.385. The Bertz CT molecular complexity index is 640. The van der Waals surface area contributed by atoms with Crippen molar-refractivity contribution in [2.24, 2.45) is 0 Å². The standard InChI is InChI=1S/C13H18N2O5S/c1-8(2)15-21(19,20)11-6-4-5-10(7-11)12(16)14-9(3)13(17)18/h4-9,15H,1-3H3,(H,14,16)(H,17,18)/t9-/m0/s1. The molecule has 0 radical (unpaired) electrons. The van der Waals surface area contributed by atoms with E-state index in [-0.39, 0.29) is 16.5 Å². The predicted octanol–water partition coefficient (Wildman–Crippen LogP) is 0.576. The average molecular weight is 314 g/mol. The smallest absolute Gasteiger partial charge is 0.325 e. The number of hydrogen-bond donors (Lipinski definition) is 3. The van der Waals surface area contributed by atoms with Gasteiger partial charge in [0.15, 0.2) is 0 Å². The minimum Gasteiger partial charge on any atom is -0.480 e. The number of carbonyl (C=O) groups excluding carboxylic acids is 1. The second-order valence-electron chi connectivity index (χ2n) is 4.84. The molecular formula is C13H18N2O5S. The maximum absolute atomic E-state index is 12.0. The van der Waals surface area contributed by atoms with Crippen molar-refractivity contribution in [1.29, 1.82) is 0 Å². The quantitative estimate of drug-likeness (QED) is 0.711. The van der Waals surface area contributed by atoms with Crippen LogP contribution < -0.4 is 10.0 Å². The molecule has 7 nitrogen and oxygen atoms in total. The first kappa shape index (κ1) is 17.1. The van der Waals surface area contributed by atoms with Crippen LogP contribution in [0.25, 0.3) is 0 Å². The number of benzene rings is 1. The molecule has 1 rings (SSSR count). The number of amides is 1. The molecule has 1 aromatic rings. The first-order valence-electron chi connectivity index (χ1n) is 6.29. The molecule has 21 heavy (non-hydrogen) atoms. The van der Waals surface area contributed by atoms with E-state index >= 15 is 0 Å². The molecular weight excluding hydrogens is 296 g/mol. The summed E-state index contributed by atoms with van der Waals surface area (Å²) in [7, 11) is -3.71. The number of hydrogen-bond acceptors (Lipinski definition) is 4. The molecule has 116 valence electrons. The molecule has 3 N–H and O–H groups in total. The van der Waals surface area contributed by atoms with Crippen LogP contribution in [0.5, 0.6) is 0 Å². The molecule has 0 fully saturated rings. The van der Waals surface area contributed by atoms with Gasteiger partial charge in [-0.25, -0.2) is 13.1 Å². The Kier molecular flexibility index (Phi) is 5.45. The van der Waals surface area contributed by atoms with Gasteiger partial charge < -0.3 is 10.4 Å². The second kappa shape index (κ2) is 6.68. The summed E-state index contributed by atoms with van der Waals surface area (Å²) in [5.41, 5.74) is 0.0785. The Hall–Kier alpha value is -1.93. The van der Waals surface area contributed by atoms with Crippen LogP contribution in [0, 0.1) is 0 Å². The fourth-order valence-corrected chi connectivity index (χ4v) is 2.82. The Labute approximate surface area is 123 Å². The van der Waals surface area contributed by atoms with Gasteiger partial charge in [0.05, 0.1) is 4.90 Å². The van der Waals surface area contributed by atoms with E-state index in [1.165, 1.54) is 31.2 Å². The zero-order chi connectivity index (χ0) is 16.2. The van der Waals surface area contributed by atoms with E-state index in [1.54, 1.807) is 13.8 Å². The molecule has 0 heterocycles. The van der Waals surface area contributed by atoms with Gasteiger partial charge in [0.25, 0.3) is 5.91 Å². The first-order valence-corrected chi connectivity index (χ1v) is 7.78. The number of aliphatic carboxylic acids is 1. The molecule has 0 saturated carbocycles. The molecule has 0 spiro atoms. The molecule has 0 aliphatic heterocycles. The third kappa shape index (κ3) is 4.83. The number of rotatable bonds is 6. The highest BCUT2D eigenvalue weighted by atomic mass is 32.2. The van der Waals surface area contributed by atoms with Crippen molar-refractivity contribution in [2.45, 2.75) is 37.8 Å². The van der Waals surface area contributed by atoms with Crippen molar-refractivity contribution in [3.8, 4) is 0 Å². The van der Waals surface area contributed by atoms with Crippen LogP contribution in [-0.2, 0) is 14.8 Å². The zero-order valence-corrected chi connectivity index (χ0v) is 12.8. The van der Waals surface area contributed by atoms with E-state index < -0.39 is 27.9 Å². The highest BCUT2D eigenvalue weighted by Crippen LogP contribution is 2.12. The summed E-state index contributed by atoms with van der Waals surface area (Å²) in [6.07, 6.45) is 0. The van der Waals surface area contributed by atoms with E-state index in [2.05, 4.69) is 10.0 Å². The number of carboxylic acids is 1. The summed E-state index contributed by atoms with van der Waals surface area (Å²) in [6.45, 7) is 4.69. The van der Waals surface area contributed by atoms with Gasteiger partial charge in [-0.15, -0.1) is 0 Å². The van der Waals surface area contributed by atoms with Gasteiger partial charge in [0.1, 0.15) is 6.04 Å². The minimum absolute atomic E-state index is 0.0492. The van der Waals surface area contributed by atoms with Gasteiger partial charge in [-0.3, -0.25) is 9.59 Å². The SMILES string of the molecule is CC(C)NS(=O)(=O)c1cccc(C(=O)N[C@@H](C)C(=O)O)c1. The maximum atomic E-state index is 12.0. The number of carbonyl (C=O) groups is 2. The van der Waals surface area contributed by atoms with Crippen molar-refractivity contribution in [1.82, 2.24) is 10.0 Å². The fourth-order valence-electron chi connectivity index (χ4n) is 1.52. The lowest BCUT2D eigenvalue weighted by Crippen LogP contribution is -2.38. The average Bonchev–Trinajstić information content (AvgIpc) is 2.37. The predicted molar refractivity (Wildman–Crippen MR) is 76.5 cm³/mol. The zero-order valence-electron chi connectivity index (χ0n) is 12.0. The topological polar surface area (TPSA) is 113 Å². The normalized spacial score (nSPS) is 13.0. The van der Waals surface area contributed by atoms with E-state index in [0.717, 1.165) is 0 Å². The van der Waals surface area contributed by atoms with Gasteiger partial charge in [0, 0.05) is 11.6 Å². The Morgan fingerprint density at radius 1 is 1.19 bits per heavy atom. The third-order valence-corrected chi connectivity index (χ3v) is 4.17. The molecule has 1 atom stereocenters. The van der Waals surface area contributed by atoms with Gasteiger partial charge in [0.2, 0.25) is 10.0 Å². The van der Waals surface area contributed by atoms with Crippen molar-refractivity contribution in [3.05, 3.63) is 29.8 Å². The lowest BCUT2D eigenvalue weighted by molar-refractivity contribution is -0.138. The van der Waals surface area contributed by atoms with Crippen LogP contribution in [0.2, 0.25) is 0 Å². The Morgan fingerprint density at radius 3 is 2.33 bits per heavy atom. The van der Waals surface area contributed by atoms with Gasteiger partial charge in [-0.2, -0.15) is 0 Å². The van der Waals surface area contributed by atoms with Crippen LogP contribution in [0.3, 0.4) is 0 Å². The lowest BCUT2D eigenvalue weighted by Gasteiger charge is -2.12. The Balaban J connectivity index is 3.01. The molecule has 0 aliphatic rings. The Morgan fingerprint density at radius 2 is 1.81 bits per heavy atom. The second-order valence-corrected chi connectivity index (χ2v) is 6.55. The van der Waals surface area contributed by atoms with Crippen LogP contribution in [0.15, 0.2) is 29.2 Å². The van der Waals surface area contributed by atoms with Crippen molar-refractivity contribution in [2.75, 3.05) is 0 Å². The van der Waals surface area contributed by atoms with E-state index in [4.69, 9.17) is 5.11 Å². The molecule has 1 amide bonds. The number of carboxylic acid groups (broad SMARTS) is 1. The number of nitrogens with one attached hydrogen (secondary N) is 2. The third-order valence-electron chi connectivity index (χ3n) is 2.52. The summed E-state index contributed by atoms with van der Waals surface area (Å²) < 4.78 is 26.4. The highest BCUT2D eigenvalue weighted by Gasteiger charge is 2.19. The molecule has 0 aromatic heterocycles. The van der Waals surface area contributed by atoms with E-state index in [9.17, 15) is 18.0 Å². The minimum atomic E-state index is -3.71. The van der Waals surface area contributed by atoms with Crippen LogP contribution in [0.4, 0.5) is 0 Å². The van der Waals surface area contributed by atoms with E-state index in [0.29, 0.717) is 0 Å². The summed E-state index contributed by atoms with van der Waals surface area (Å²) in [4.78, 5) is 22.5. The van der Waals surface area contributed by atoms with Gasteiger partial charge in [-0.05, 0) is 39.0 Å². The molecule has 8 heteroatoms. The molecule has 0 bridgehead atoms. The van der Waals surface area contributed by atoms with Gasteiger partial charge >= 0.3 is 5.97 Å². The van der Waals surface area contributed by atoms with Crippen molar-refractivity contribution in [3.63, 3.8) is 0 Å². The summed E-state index contributed by atoms with van der Waals surface area (Å²) in [5.74, 6) is -1.82. The molecule has 0 saturated heterocycles. The lowest BCUT2D eigenvalue weighted by atomic mass is 10.2. The molecule has 0 unspecified atom stereocenters. The maximum Gasteiger partial charge on any atom is 0.325 e. The van der Waals surface area contributed by atoms with Crippen molar-refractivity contribution >= 4 is 21.9 Å². The van der Waals surface area contributed by atoms with Crippen LogP contribution in [0.1, 0.15) is 31.1 Å². The summed E-state index contributed by atoms with van der Waals surface area (Å²) in [5, 5.41) is 11.0. The largest absolute Gasteiger partial charge is 0.480 e. The summed E-state index contributed by atoms with van der Waals surface area (Å²) >= 11 is 0. The van der Waals surface area contributed by atoms with Crippen LogP contribution >= 0.6 is 0 Å². The first-order chi connectivity index (χ1) is 9.63. The highest BCUT2D eigenvalue weighted by molar-refractivity contribution is 7.89. The van der Waals surface area contributed by atoms with Gasteiger partial charge in [-0.1, -0.05) is 6.07 Å². The van der Waals surface area contributed by atoms with E-state index in [1.807, 2.05) is 0 Å². The summed E-state index contributed by atoms with van der Waals surface area (Å²) in [6, 6.07) is 4.07. The monoisotopic (exact) mass is 314 g/mol.